The normalized spacial score (nSPS) is 25.1. The predicted molar refractivity (Wildman–Crippen MR) is 72.4 cm³/mol. The van der Waals surface area contributed by atoms with Crippen molar-refractivity contribution in [2.75, 3.05) is 11.5 Å². The van der Waals surface area contributed by atoms with Gasteiger partial charge in [0.25, 0.3) is 0 Å². The number of hydrogen-bond donors (Lipinski definition) is 0. The number of para-hydroxylation sites is 1. The topological polar surface area (TPSA) is 9.23 Å². The van der Waals surface area contributed by atoms with Gasteiger partial charge in [-0.15, -0.1) is 23.5 Å². The van der Waals surface area contributed by atoms with Gasteiger partial charge < -0.3 is 4.74 Å². The molecule has 0 unspecified atom stereocenters. The first kappa shape index (κ1) is 10.8. The molecule has 0 aromatic heterocycles. The Kier molecular flexibility index (Phi) is 2.44. The Balaban J connectivity index is 2.14. The second-order valence-corrected chi connectivity index (χ2v) is 7.65. The van der Waals surface area contributed by atoms with E-state index < -0.39 is 0 Å². The highest BCUT2D eigenvalue weighted by Gasteiger charge is 2.56. The van der Waals surface area contributed by atoms with Gasteiger partial charge in [0.2, 0.25) is 0 Å². The quantitative estimate of drug-likeness (QED) is 0.693. The fraction of sp³-hybridized carbons (Fsp3) is 0.538. The SMILES string of the molecule is CC1(C)Oc2ccccc2C12SCCCS2. The molecule has 3 rings (SSSR count). The summed E-state index contributed by atoms with van der Waals surface area (Å²) in [6.45, 7) is 4.44. The molecule has 1 saturated heterocycles. The maximum Gasteiger partial charge on any atom is 0.131 e. The summed E-state index contributed by atoms with van der Waals surface area (Å²) in [5.41, 5.74) is 1.28. The van der Waals surface area contributed by atoms with Crippen LogP contribution in [0.4, 0.5) is 0 Å². The number of fused-ring (bicyclic) bond motifs is 2. The molecule has 0 saturated carbocycles. The van der Waals surface area contributed by atoms with E-state index in [1.807, 2.05) is 0 Å². The van der Waals surface area contributed by atoms with Crippen LogP contribution in [0.5, 0.6) is 5.75 Å². The van der Waals surface area contributed by atoms with E-state index in [4.69, 9.17) is 4.74 Å². The highest BCUT2D eigenvalue weighted by atomic mass is 32.2. The fourth-order valence-electron chi connectivity index (χ4n) is 2.53. The highest BCUT2D eigenvalue weighted by Crippen LogP contribution is 2.63. The van der Waals surface area contributed by atoms with Crippen LogP contribution >= 0.6 is 23.5 Å². The second kappa shape index (κ2) is 3.61. The van der Waals surface area contributed by atoms with Crippen molar-refractivity contribution in [3.05, 3.63) is 29.8 Å². The van der Waals surface area contributed by atoms with Crippen molar-refractivity contribution >= 4 is 23.5 Å². The van der Waals surface area contributed by atoms with Crippen LogP contribution in [0.25, 0.3) is 0 Å². The van der Waals surface area contributed by atoms with E-state index in [-0.39, 0.29) is 9.68 Å². The number of thioether (sulfide) groups is 2. The largest absolute Gasteiger partial charge is 0.485 e. The molecule has 16 heavy (non-hydrogen) atoms. The molecule has 0 bridgehead atoms. The van der Waals surface area contributed by atoms with Crippen molar-refractivity contribution < 1.29 is 4.74 Å². The molecule has 0 atom stereocenters. The number of ether oxygens (including phenoxy) is 1. The monoisotopic (exact) mass is 252 g/mol. The Morgan fingerprint density at radius 2 is 1.81 bits per heavy atom. The highest BCUT2D eigenvalue weighted by molar-refractivity contribution is 8.18. The molecule has 86 valence electrons. The smallest absolute Gasteiger partial charge is 0.131 e. The summed E-state index contributed by atoms with van der Waals surface area (Å²) in [5, 5.41) is 0. The van der Waals surface area contributed by atoms with Gasteiger partial charge in [-0.2, -0.15) is 0 Å². The molecule has 1 aromatic carbocycles. The summed E-state index contributed by atoms with van der Waals surface area (Å²) in [6, 6.07) is 8.52. The van der Waals surface area contributed by atoms with E-state index in [1.165, 1.54) is 23.5 Å². The molecule has 0 N–H and O–H groups in total. The second-order valence-electron chi connectivity index (χ2n) is 4.78. The zero-order valence-electron chi connectivity index (χ0n) is 9.66. The van der Waals surface area contributed by atoms with Crippen LogP contribution in [0.1, 0.15) is 25.8 Å². The van der Waals surface area contributed by atoms with Gasteiger partial charge in [0.05, 0.1) is 0 Å². The van der Waals surface area contributed by atoms with E-state index in [0.717, 1.165) is 5.75 Å². The van der Waals surface area contributed by atoms with E-state index in [1.54, 1.807) is 0 Å². The molecule has 1 fully saturated rings. The molecule has 3 heteroatoms. The maximum absolute atomic E-state index is 6.15. The lowest BCUT2D eigenvalue weighted by Gasteiger charge is -2.41. The average Bonchev–Trinajstić information content (AvgIpc) is 2.49. The van der Waals surface area contributed by atoms with Gasteiger partial charge in [0.15, 0.2) is 0 Å². The molecule has 1 spiro atoms. The Morgan fingerprint density at radius 1 is 1.12 bits per heavy atom. The molecule has 0 aliphatic carbocycles. The van der Waals surface area contributed by atoms with Crippen molar-refractivity contribution in [3.63, 3.8) is 0 Å². The molecule has 2 aliphatic heterocycles. The Bertz CT molecular complexity index is 408. The minimum absolute atomic E-state index is 0.105. The van der Waals surface area contributed by atoms with Crippen LogP contribution in [0.3, 0.4) is 0 Å². The summed E-state index contributed by atoms with van der Waals surface area (Å²) < 4.78 is 6.26. The van der Waals surface area contributed by atoms with Crippen molar-refractivity contribution in [1.29, 1.82) is 0 Å². The standard InChI is InChI=1S/C13H16OS2/c1-12(2)13(15-8-5-9-16-13)10-6-3-4-7-11(10)14-12/h3-4,6-7H,5,8-9H2,1-2H3. The van der Waals surface area contributed by atoms with E-state index in [0.29, 0.717) is 0 Å². The Hall–Kier alpha value is -0.280. The number of hydrogen-bond acceptors (Lipinski definition) is 3. The van der Waals surface area contributed by atoms with Crippen LogP contribution in [0.15, 0.2) is 24.3 Å². The minimum Gasteiger partial charge on any atom is -0.485 e. The Labute approximate surface area is 105 Å². The van der Waals surface area contributed by atoms with Crippen LogP contribution < -0.4 is 4.74 Å². The molecule has 0 amide bonds. The zero-order chi connectivity index (χ0) is 11.2. The summed E-state index contributed by atoms with van der Waals surface area (Å²) in [7, 11) is 0. The van der Waals surface area contributed by atoms with Gasteiger partial charge in [-0.1, -0.05) is 18.2 Å². The number of benzene rings is 1. The van der Waals surface area contributed by atoms with Gasteiger partial charge in [-0.3, -0.25) is 0 Å². The third-order valence-corrected chi connectivity index (χ3v) is 7.23. The fourth-order valence-corrected chi connectivity index (χ4v) is 6.12. The number of rotatable bonds is 0. The summed E-state index contributed by atoms with van der Waals surface area (Å²) in [6.07, 6.45) is 1.31. The Morgan fingerprint density at radius 3 is 2.56 bits per heavy atom. The minimum atomic E-state index is -0.105. The lowest BCUT2D eigenvalue weighted by molar-refractivity contribution is 0.125. The average molecular weight is 252 g/mol. The summed E-state index contributed by atoms with van der Waals surface area (Å²) in [4.78, 5) is 0. The first-order valence-electron chi connectivity index (χ1n) is 5.72. The van der Waals surface area contributed by atoms with Crippen LogP contribution in [0.2, 0.25) is 0 Å². The molecule has 2 aliphatic rings. The van der Waals surface area contributed by atoms with Gasteiger partial charge in [-0.05, 0) is 37.8 Å². The van der Waals surface area contributed by atoms with Crippen molar-refractivity contribution in [2.45, 2.75) is 29.9 Å². The van der Waals surface area contributed by atoms with Gasteiger partial charge >= 0.3 is 0 Å². The van der Waals surface area contributed by atoms with Gasteiger partial charge in [-0.25, -0.2) is 0 Å². The molecule has 0 radical (unpaired) electrons. The lowest BCUT2D eigenvalue weighted by Crippen LogP contribution is -2.43. The molecule has 2 heterocycles. The first-order chi connectivity index (χ1) is 7.66. The molecular weight excluding hydrogens is 236 g/mol. The van der Waals surface area contributed by atoms with Crippen LogP contribution in [-0.2, 0) is 4.08 Å². The summed E-state index contributed by atoms with van der Waals surface area (Å²) >= 11 is 4.12. The third kappa shape index (κ3) is 1.34. The van der Waals surface area contributed by atoms with Crippen molar-refractivity contribution in [1.82, 2.24) is 0 Å². The van der Waals surface area contributed by atoms with Gasteiger partial charge in [0.1, 0.15) is 15.4 Å². The van der Waals surface area contributed by atoms with Crippen LogP contribution in [0, 0.1) is 0 Å². The molecular formula is C13H16OS2. The van der Waals surface area contributed by atoms with E-state index >= 15 is 0 Å². The first-order valence-corrected chi connectivity index (χ1v) is 7.69. The third-order valence-electron chi connectivity index (χ3n) is 3.30. The molecule has 1 aromatic rings. The summed E-state index contributed by atoms with van der Waals surface area (Å²) in [5.74, 6) is 3.57. The van der Waals surface area contributed by atoms with Crippen molar-refractivity contribution in [2.24, 2.45) is 0 Å². The van der Waals surface area contributed by atoms with Crippen molar-refractivity contribution in [3.8, 4) is 5.75 Å². The maximum atomic E-state index is 6.15. The van der Waals surface area contributed by atoms with E-state index in [9.17, 15) is 0 Å². The predicted octanol–water partition coefficient (Wildman–Crippen LogP) is 3.88. The zero-order valence-corrected chi connectivity index (χ0v) is 11.3. The molecule has 1 nitrogen and oxygen atoms in total. The lowest BCUT2D eigenvalue weighted by atomic mass is 10.00. The van der Waals surface area contributed by atoms with E-state index in [2.05, 4.69) is 61.6 Å². The van der Waals surface area contributed by atoms with Crippen LogP contribution in [-0.4, -0.2) is 17.1 Å². The van der Waals surface area contributed by atoms with Gasteiger partial charge in [0, 0.05) is 5.56 Å².